The summed E-state index contributed by atoms with van der Waals surface area (Å²) in [6, 6.07) is 98.5. The number of aliphatic hydroxyl groups is 4. The molecule has 4 heterocycles. The first-order chi connectivity index (χ1) is 60.7. The van der Waals surface area contributed by atoms with E-state index in [-0.39, 0.29) is 148 Å². The van der Waals surface area contributed by atoms with Crippen LogP contribution in [0.3, 0.4) is 0 Å². The van der Waals surface area contributed by atoms with E-state index in [2.05, 4.69) is 301 Å². The number of aryl methyl sites for hydroxylation is 14. The van der Waals surface area contributed by atoms with Crippen LogP contribution in [0.25, 0.3) is 88.6 Å². The fourth-order valence-electron chi connectivity index (χ4n) is 13.4. The van der Waals surface area contributed by atoms with Gasteiger partial charge in [-0.25, -0.2) is 0 Å². The number of para-hydroxylation sites is 2. The average Bonchev–Trinajstić information content (AvgIpc) is 0.813. The number of hydrogen-bond donors (Lipinski definition) is 4. The van der Waals surface area contributed by atoms with E-state index in [1.807, 2.05) is 72.8 Å². The zero-order valence-corrected chi connectivity index (χ0v) is 91.0. The molecule has 4 radical (unpaired) electrons. The van der Waals surface area contributed by atoms with Crippen LogP contribution in [0.2, 0.25) is 0 Å². The predicted molar refractivity (Wildman–Crippen MR) is 530 cm³/mol. The van der Waals surface area contributed by atoms with Crippen molar-refractivity contribution in [2.24, 2.45) is 9.98 Å². The summed E-state index contributed by atoms with van der Waals surface area (Å²) in [7, 11) is 0. The number of benzene rings is 11. The van der Waals surface area contributed by atoms with Crippen LogP contribution in [0, 0.1) is 133 Å². The third-order valence-electron chi connectivity index (χ3n) is 18.4. The monoisotopic (exact) mass is 2660 g/mol. The number of ketones is 4. The molecule has 0 amide bonds. The Morgan fingerprint density at radius 1 is 0.286 bits per heavy atom. The minimum atomic E-state index is -0.125. The molecular weight excluding hydrogens is 2550 g/mol. The molecule has 0 aliphatic heterocycles. The molecule has 133 heavy (non-hydrogen) atoms. The van der Waals surface area contributed by atoms with Gasteiger partial charge in [0.2, 0.25) is 0 Å². The first-order valence-corrected chi connectivity index (χ1v) is 41.9. The number of aliphatic imine (C=N–C) groups is 2. The van der Waals surface area contributed by atoms with Gasteiger partial charge in [0.05, 0.1) is 56.5 Å². The summed E-state index contributed by atoms with van der Waals surface area (Å²) in [6.07, 6.45) is 8.26. The molecule has 0 spiro atoms. The topological polar surface area (TPSA) is 225 Å². The predicted octanol–water partition coefficient (Wildman–Crippen LogP) is 28.1. The molecule has 15 rings (SSSR count). The van der Waals surface area contributed by atoms with Crippen LogP contribution in [-0.4, -0.2) is 75.9 Å². The standard InChI is InChI=1S/C20H14N2.2C19H18N.2C18H16N.4C5H8O2.4Ir.Pt/c1-3-9-17(10-4-1)15-21-19-13-7-8-14-20(19)22-16-18-11-5-2-6-12-18;1-12-7-13(2)10-16(9-12)18-6-5-17-15(4)8-14(3)11-19(17)20-18;1-12-5-6-17-15(4)11-18(20-19(17)10-12)16-8-13(2)7-14(3)9-16;1-12-4-6-17-15(9-12)5-7-18(19-17)16-10-13(2)8-14(3)11-16;1-12-4-5-15-6-7-17(19-18(15)11-12)16-9-13(2)8-14(3)10-16;4*1-4(6)3-5(2)7;;;;;/h1-9,11,13-16H;5-9,11H,1-4H3;5-8,10-11H,1-4H3;4-10H,1-3H3;4-9,11H,1-3H3;4*3,6H,1-2H3;;;;;/q-2;4*-1;;;;;;;;;+2. The Hall–Kier alpha value is -11.5. The van der Waals surface area contributed by atoms with Gasteiger partial charge in [-0.3, -0.25) is 39.1 Å². The van der Waals surface area contributed by atoms with Crippen LogP contribution < -0.4 is 0 Å². The number of aliphatic hydroxyl groups excluding tert-OH is 4. The Bertz CT molecular complexity index is 6330. The van der Waals surface area contributed by atoms with Crippen LogP contribution in [0.15, 0.2) is 288 Å². The number of aromatic nitrogens is 4. The summed E-state index contributed by atoms with van der Waals surface area (Å²) in [5.74, 6) is -0.250. The van der Waals surface area contributed by atoms with Gasteiger partial charge in [-0.15, -0.1) is 211 Å². The van der Waals surface area contributed by atoms with Gasteiger partial charge in [0.25, 0.3) is 0 Å². The van der Waals surface area contributed by atoms with Crippen molar-refractivity contribution >= 4 is 90.5 Å². The van der Waals surface area contributed by atoms with E-state index in [1.54, 1.807) is 12.4 Å². The number of allylic oxidation sites excluding steroid dienone is 8. The van der Waals surface area contributed by atoms with Gasteiger partial charge in [0, 0.05) is 115 Å². The number of pyridine rings is 4. The number of carbonyl (C=O) groups is 4. The third-order valence-corrected chi connectivity index (χ3v) is 18.4. The molecule has 698 valence electrons. The normalized spacial score (nSPS) is 10.7. The number of fused-ring (bicyclic) bond motifs is 4. The second-order valence-corrected chi connectivity index (χ2v) is 31.7. The van der Waals surface area contributed by atoms with E-state index in [9.17, 15) is 19.2 Å². The maximum absolute atomic E-state index is 10.0. The van der Waals surface area contributed by atoms with Gasteiger partial charge in [-0.1, -0.05) is 152 Å². The zero-order chi connectivity index (χ0) is 93.8. The second-order valence-electron chi connectivity index (χ2n) is 31.7. The molecule has 14 nitrogen and oxygen atoms in total. The van der Waals surface area contributed by atoms with Gasteiger partial charge in [-0.2, -0.15) is 0 Å². The Morgan fingerprint density at radius 2 is 0.579 bits per heavy atom. The largest absolute Gasteiger partial charge is 2.00 e. The number of carbonyl (C=O) groups excluding carboxylic acids is 4. The molecule has 0 saturated carbocycles. The SMILES string of the molecule is CC(=O)C=C(C)O.CC(=O)C=C(C)O.CC(=O)C=C(C)O.CC(=O)C=C(C)O.Cc1[c-]c(-c2cc(C)c3ccc(C)cc3n2)cc(C)c1.Cc1[c-]c(-c2ccc3c(C)cc(C)cc3n2)cc(C)c1.Cc1[c-]c(-c2ccc3cc(C)ccc3n2)cc(C)c1.Cc1[c-]c(-c2ccc3ccc(C)cc3n2)cc(C)c1.[Ir].[Ir].[Ir].[Ir].[Pt+2].[c-]1ccccc1C=Nc1ccccc1N=Cc1[c-]cccc1. The van der Waals surface area contributed by atoms with E-state index in [0.29, 0.717) is 0 Å². The first kappa shape index (κ1) is 118. The van der Waals surface area contributed by atoms with Gasteiger partial charge in [0.15, 0.2) is 23.1 Å². The van der Waals surface area contributed by atoms with E-state index in [4.69, 9.17) is 40.4 Å². The fourth-order valence-corrected chi connectivity index (χ4v) is 13.4. The van der Waals surface area contributed by atoms with Crippen molar-refractivity contribution in [3.05, 3.63) is 403 Å². The van der Waals surface area contributed by atoms with E-state index >= 15 is 0 Å². The molecule has 19 heteroatoms. The zero-order valence-electron chi connectivity index (χ0n) is 79.2. The molecule has 4 aromatic heterocycles. The molecular formula is C114H114Ir4N6O8Pt-4. The van der Waals surface area contributed by atoms with Gasteiger partial charge in [-0.05, 0) is 213 Å². The Balaban J connectivity index is 0.000000520. The number of hydrogen-bond acceptors (Lipinski definition) is 14. The summed E-state index contributed by atoms with van der Waals surface area (Å²) in [6.45, 7) is 40.8. The maximum atomic E-state index is 10.0. The quantitative estimate of drug-likeness (QED) is 0.0388. The molecule has 0 aliphatic rings. The minimum absolute atomic E-state index is 0. The molecule has 0 atom stereocenters. The first-order valence-electron chi connectivity index (χ1n) is 41.9. The Morgan fingerprint density at radius 3 is 0.947 bits per heavy atom. The molecule has 0 saturated heterocycles. The fraction of sp³-hybridized carbons (Fsp3) is 0.193. The summed E-state index contributed by atoms with van der Waals surface area (Å²) >= 11 is 0. The minimum Gasteiger partial charge on any atom is -0.512 e. The van der Waals surface area contributed by atoms with Crippen LogP contribution in [0.1, 0.15) is 144 Å². The van der Waals surface area contributed by atoms with E-state index < -0.39 is 0 Å². The Labute approximate surface area is 854 Å². The molecule has 0 fully saturated rings. The van der Waals surface area contributed by atoms with Crippen molar-refractivity contribution in [3.8, 4) is 45.0 Å². The number of nitrogens with zero attached hydrogens (tertiary/aromatic N) is 6. The molecule has 11 aromatic carbocycles. The van der Waals surface area contributed by atoms with Gasteiger partial charge < -0.3 is 30.4 Å². The van der Waals surface area contributed by atoms with Crippen molar-refractivity contribution in [2.75, 3.05) is 0 Å². The summed E-state index contributed by atoms with van der Waals surface area (Å²) in [4.78, 5) is 68.2. The third kappa shape index (κ3) is 42.5. The van der Waals surface area contributed by atoms with Crippen molar-refractivity contribution in [3.63, 3.8) is 0 Å². The van der Waals surface area contributed by atoms with Gasteiger partial charge in [0.1, 0.15) is 0 Å². The number of rotatable bonds is 12. The van der Waals surface area contributed by atoms with E-state index in [0.717, 1.165) is 112 Å². The maximum Gasteiger partial charge on any atom is 2.00 e. The van der Waals surface area contributed by atoms with Crippen LogP contribution >= 0.6 is 0 Å². The molecule has 0 aliphatic carbocycles. The van der Waals surface area contributed by atoms with E-state index in [1.165, 1.54) is 157 Å². The van der Waals surface area contributed by atoms with Crippen LogP contribution in [0.4, 0.5) is 11.4 Å². The smallest absolute Gasteiger partial charge is 0.512 e. The van der Waals surface area contributed by atoms with Crippen molar-refractivity contribution in [1.82, 2.24) is 19.9 Å². The summed E-state index contributed by atoms with van der Waals surface area (Å²) in [5, 5.41) is 38.3. The molecule has 15 aromatic rings. The summed E-state index contributed by atoms with van der Waals surface area (Å²) < 4.78 is 0. The van der Waals surface area contributed by atoms with Gasteiger partial charge >= 0.3 is 21.1 Å². The van der Waals surface area contributed by atoms with Crippen LogP contribution in [-0.2, 0) is 121 Å². The van der Waals surface area contributed by atoms with Crippen molar-refractivity contribution < 1.29 is 141 Å². The second kappa shape index (κ2) is 59.2. The average molecular weight is 2660 g/mol. The molecule has 4 N–H and O–H groups in total. The molecule has 0 bridgehead atoms. The Kier molecular flexibility index (Phi) is 52.4. The summed E-state index contributed by atoms with van der Waals surface area (Å²) in [5.41, 5.74) is 33.2. The van der Waals surface area contributed by atoms with Crippen molar-refractivity contribution in [2.45, 2.75) is 152 Å². The van der Waals surface area contributed by atoms with Crippen LogP contribution in [0.5, 0.6) is 0 Å². The molecule has 0 unspecified atom stereocenters. The van der Waals surface area contributed by atoms with Crippen molar-refractivity contribution in [1.29, 1.82) is 0 Å².